The van der Waals surface area contributed by atoms with Gasteiger partial charge in [-0.1, -0.05) is 17.7 Å². The van der Waals surface area contributed by atoms with Gasteiger partial charge in [-0.05, 0) is 24.8 Å². The zero-order chi connectivity index (χ0) is 8.27. The molecular formula is C8H9ClO2. The molecule has 0 fully saturated rings. The van der Waals surface area contributed by atoms with Crippen molar-refractivity contribution in [3.63, 3.8) is 0 Å². The van der Waals surface area contributed by atoms with Crippen LogP contribution in [-0.2, 0) is 4.79 Å². The molecule has 1 rings (SSSR count). The largest absolute Gasteiger partial charge is 0.478 e. The minimum absolute atomic E-state index is 0.808. The highest BCUT2D eigenvalue weighted by atomic mass is 35.5. The highest BCUT2D eigenvalue weighted by Gasteiger charge is 2.09. The number of carboxylic acid groups (broad SMARTS) is 1. The van der Waals surface area contributed by atoms with Gasteiger partial charge in [0.2, 0.25) is 0 Å². The van der Waals surface area contributed by atoms with Crippen LogP contribution < -0.4 is 0 Å². The number of hydrogen-bond acceptors (Lipinski definition) is 1. The normalized spacial score (nSPS) is 18.3. The van der Waals surface area contributed by atoms with E-state index in [0.717, 1.165) is 35.9 Å². The summed E-state index contributed by atoms with van der Waals surface area (Å²) in [5.41, 5.74) is 0.967. The zero-order valence-corrected chi connectivity index (χ0v) is 6.77. The molecule has 0 saturated carbocycles. The zero-order valence-electron chi connectivity index (χ0n) is 6.01. The third-order valence-electron chi connectivity index (χ3n) is 1.62. The van der Waals surface area contributed by atoms with Gasteiger partial charge in [0.05, 0.1) is 0 Å². The molecule has 2 nitrogen and oxygen atoms in total. The van der Waals surface area contributed by atoms with Gasteiger partial charge < -0.3 is 5.11 Å². The van der Waals surface area contributed by atoms with E-state index in [1.807, 2.05) is 0 Å². The standard InChI is InChI=1S/C8H9ClO2/c9-7-3-1-2-6(7)4-5-8(10)11/h4-5H,1-3H2,(H,10,11)/b5-4+. The molecule has 0 aliphatic heterocycles. The Balaban J connectivity index is 2.61. The van der Waals surface area contributed by atoms with Crippen molar-refractivity contribution < 1.29 is 9.90 Å². The summed E-state index contributed by atoms with van der Waals surface area (Å²) >= 11 is 5.80. The van der Waals surface area contributed by atoms with Crippen molar-refractivity contribution in [1.82, 2.24) is 0 Å². The first kappa shape index (κ1) is 8.34. The predicted octanol–water partition coefficient (Wildman–Crippen LogP) is 2.30. The van der Waals surface area contributed by atoms with Gasteiger partial charge in [0, 0.05) is 11.1 Å². The topological polar surface area (TPSA) is 37.3 Å². The molecule has 0 aromatic rings. The van der Waals surface area contributed by atoms with Gasteiger partial charge in [0.15, 0.2) is 0 Å². The third kappa shape index (κ3) is 2.39. The van der Waals surface area contributed by atoms with E-state index in [0.29, 0.717) is 0 Å². The van der Waals surface area contributed by atoms with Crippen LogP contribution in [0.1, 0.15) is 19.3 Å². The van der Waals surface area contributed by atoms with E-state index < -0.39 is 5.97 Å². The van der Waals surface area contributed by atoms with Gasteiger partial charge in [-0.15, -0.1) is 0 Å². The summed E-state index contributed by atoms with van der Waals surface area (Å²) in [6, 6.07) is 0. The molecule has 0 bridgehead atoms. The number of rotatable bonds is 2. The van der Waals surface area contributed by atoms with Crippen LogP contribution in [0.3, 0.4) is 0 Å². The van der Waals surface area contributed by atoms with E-state index in [9.17, 15) is 4.79 Å². The lowest BCUT2D eigenvalue weighted by Crippen LogP contribution is -1.86. The summed E-state index contributed by atoms with van der Waals surface area (Å²) in [5.74, 6) is -0.922. The predicted molar refractivity (Wildman–Crippen MR) is 43.5 cm³/mol. The lowest BCUT2D eigenvalue weighted by Gasteiger charge is -1.90. The number of carbonyl (C=O) groups is 1. The molecule has 0 atom stereocenters. The average Bonchev–Trinajstić information content (AvgIpc) is 2.31. The Kier molecular flexibility index (Phi) is 2.71. The molecule has 0 aromatic carbocycles. The second-order valence-electron chi connectivity index (χ2n) is 2.46. The maximum atomic E-state index is 10.1. The quantitative estimate of drug-likeness (QED) is 0.649. The Morgan fingerprint density at radius 2 is 2.27 bits per heavy atom. The van der Waals surface area contributed by atoms with Crippen LogP contribution in [0.25, 0.3) is 0 Å². The SMILES string of the molecule is O=C(O)/C=C/C1=C(Cl)CCC1. The van der Waals surface area contributed by atoms with Crippen molar-refractivity contribution in [2.45, 2.75) is 19.3 Å². The summed E-state index contributed by atoms with van der Waals surface area (Å²) in [6.45, 7) is 0. The van der Waals surface area contributed by atoms with E-state index in [1.54, 1.807) is 6.08 Å². The summed E-state index contributed by atoms with van der Waals surface area (Å²) < 4.78 is 0. The highest BCUT2D eigenvalue weighted by Crippen LogP contribution is 2.29. The Morgan fingerprint density at radius 1 is 1.55 bits per heavy atom. The Morgan fingerprint density at radius 3 is 2.73 bits per heavy atom. The van der Waals surface area contributed by atoms with Crippen LogP contribution in [0.15, 0.2) is 22.8 Å². The fraction of sp³-hybridized carbons (Fsp3) is 0.375. The van der Waals surface area contributed by atoms with Crippen LogP contribution in [0, 0.1) is 0 Å². The Labute approximate surface area is 70.2 Å². The summed E-state index contributed by atoms with van der Waals surface area (Å²) in [7, 11) is 0. The lowest BCUT2D eigenvalue weighted by atomic mass is 10.2. The molecule has 0 unspecified atom stereocenters. The molecule has 11 heavy (non-hydrogen) atoms. The van der Waals surface area contributed by atoms with Crippen LogP contribution in [0.2, 0.25) is 0 Å². The number of aliphatic carboxylic acids is 1. The summed E-state index contributed by atoms with van der Waals surface area (Å²) in [6.07, 6.45) is 5.54. The average molecular weight is 173 g/mol. The number of allylic oxidation sites excluding steroid dienone is 3. The van der Waals surface area contributed by atoms with Gasteiger partial charge in [-0.3, -0.25) is 0 Å². The first-order chi connectivity index (χ1) is 5.20. The summed E-state index contributed by atoms with van der Waals surface area (Å²) in [4.78, 5) is 10.1. The molecule has 1 aliphatic rings. The van der Waals surface area contributed by atoms with Crippen molar-refractivity contribution in [3.8, 4) is 0 Å². The fourth-order valence-electron chi connectivity index (χ4n) is 1.08. The Bertz CT molecular complexity index is 228. The van der Waals surface area contributed by atoms with E-state index in [1.165, 1.54) is 0 Å². The van der Waals surface area contributed by atoms with Crippen molar-refractivity contribution >= 4 is 17.6 Å². The molecular weight excluding hydrogens is 164 g/mol. The highest BCUT2D eigenvalue weighted by molar-refractivity contribution is 6.30. The van der Waals surface area contributed by atoms with E-state index in [2.05, 4.69) is 0 Å². The first-order valence-electron chi connectivity index (χ1n) is 3.48. The van der Waals surface area contributed by atoms with Gasteiger partial charge in [-0.25, -0.2) is 4.79 Å². The molecule has 0 aromatic heterocycles. The van der Waals surface area contributed by atoms with Gasteiger partial charge >= 0.3 is 5.97 Å². The molecule has 3 heteroatoms. The molecule has 0 spiro atoms. The van der Waals surface area contributed by atoms with Gasteiger partial charge in [0.25, 0.3) is 0 Å². The molecule has 0 amide bonds. The van der Waals surface area contributed by atoms with Crippen LogP contribution in [-0.4, -0.2) is 11.1 Å². The number of hydrogen-bond donors (Lipinski definition) is 1. The first-order valence-corrected chi connectivity index (χ1v) is 3.86. The van der Waals surface area contributed by atoms with Crippen molar-refractivity contribution in [3.05, 3.63) is 22.8 Å². The molecule has 1 aliphatic carbocycles. The van der Waals surface area contributed by atoms with Crippen molar-refractivity contribution in [2.75, 3.05) is 0 Å². The van der Waals surface area contributed by atoms with Crippen LogP contribution in [0.4, 0.5) is 0 Å². The second kappa shape index (κ2) is 3.58. The van der Waals surface area contributed by atoms with E-state index in [-0.39, 0.29) is 0 Å². The maximum Gasteiger partial charge on any atom is 0.328 e. The van der Waals surface area contributed by atoms with Crippen molar-refractivity contribution in [2.24, 2.45) is 0 Å². The number of carboxylic acids is 1. The van der Waals surface area contributed by atoms with Crippen molar-refractivity contribution in [1.29, 1.82) is 0 Å². The monoisotopic (exact) mass is 172 g/mol. The summed E-state index contributed by atoms with van der Waals surface area (Å²) in [5, 5.41) is 9.12. The van der Waals surface area contributed by atoms with Gasteiger partial charge in [0.1, 0.15) is 0 Å². The second-order valence-corrected chi connectivity index (χ2v) is 2.91. The smallest absolute Gasteiger partial charge is 0.328 e. The third-order valence-corrected chi connectivity index (χ3v) is 2.05. The maximum absolute atomic E-state index is 10.1. The molecule has 60 valence electrons. The Hall–Kier alpha value is -0.760. The van der Waals surface area contributed by atoms with Crippen LogP contribution >= 0.6 is 11.6 Å². The fourth-order valence-corrected chi connectivity index (χ4v) is 1.37. The minimum Gasteiger partial charge on any atom is -0.478 e. The number of halogens is 1. The molecule has 0 radical (unpaired) electrons. The molecule has 1 N–H and O–H groups in total. The molecule has 0 heterocycles. The van der Waals surface area contributed by atoms with Crippen LogP contribution in [0.5, 0.6) is 0 Å². The van der Waals surface area contributed by atoms with Gasteiger partial charge in [-0.2, -0.15) is 0 Å². The van der Waals surface area contributed by atoms with E-state index in [4.69, 9.17) is 16.7 Å². The lowest BCUT2D eigenvalue weighted by molar-refractivity contribution is -0.131. The van der Waals surface area contributed by atoms with E-state index >= 15 is 0 Å². The minimum atomic E-state index is -0.922. The molecule has 0 saturated heterocycles.